The number of benzene rings is 2. The Balaban J connectivity index is 1.84. The van der Waals surface area contributed by atoms with Crippen molar-refractivity contribution in [3.8, 4) is 0 Å². The third kappa shape index (κ3) is 3.46. The van der Waals surface area contributed by atoms with Crippen LogP contribution in [0.3, 0.4) is 0 Å². The van der Waals surface area contributed by atoms with Gasteiger partial charge in [0.15, 0.2) is 0 Å². The second-order valence-corrected chi connectivity index (χ2v) is 5.99. The number of hydrogen-bond donors (Lipinski definition) is 2. The summed E-state index contributed by atoms with van der Waals surface area (Å²) in [5.41, 5.74) is 9.03. The maximum atomic E-state index is 5.75. The fourth-order valence-corrected chi connectivity index (χ4v) is 2.58. The summed E-state index contributed by atoms with van der Waals surface area (Å²) >= 11 is 3.47. The van der Waals surface area contributed by atoms with E-state index in [1.54, 1.807) is 4.68 Å². The van der Waals surface area contributed by atoms with E-state index in [4.69, 9.17) is 5.73 Å². The standard InChI is InChI=1S/C16H16BrN5/c1-11-5-7-14(8-6-11)19-16-20-15(18)21-22(16)10-12-3-2-4-13(17)9-12/h2-9H,10H2,1H3,(H3,18,19,20,21). The fourth-order valence-electron chi connectivity index (χ4n) is 2.14. The molecule has 3 N–H and O–H groups in total. The van der Waals surface area contributed by atoms with E-state index in [1.807, 2.05) is 48.5 Å². The Morgan fingerprint density at radius 2 is 1.95 bits per heavy atom. The molecule has 0 fully saturated rings. The van der Waals surface area contributed by atoms with E-state index in [1.165, 1.54) is 5.56 Å². The number of rotatable bonds is 4. The number of nitrogens with zero attached hydrogens (tertiary/aromatic N) is 3. The van der Waals surface area contributed by atoms with Crippen molar-refractivity contribution < 1.29 is 0 Å². The lowest BCUT2D eigenvalue weighted by molar-refractivity contribution is 0.697. The molecule has 0 amide bonds. The highest BCUT2D eigenvalue weighted by atomic mass is 79.9. The van der Waals surface area contributed by atoms with E-state index in [-0.39, 0.29) is 5.95 Å². The molecule has 22 heavy (non-hydrogen) atoms. The Labute approximate surface area is 137 Å². The molecule has 0 spiro atoms. The zero-order valence-electron chi connectivity index (χ0n) is 12.1. The van der Waals surface area contributed by atoms with Gasteiger partial charge in [0.2, 0.25) is 11.9 Å². The molecule has 112 valence electrons. The van der Waals surface area contributed by atoms with Gasteiger partial charge in [-0.15, -0.1) is 5.10 Å². The number of nitrogens with one attached hydrogen (secondary N) is 1. The van der Waals surface area contributed by atoms with Gasteiger partial charge >= 0.3 is 0 Å². The van der Waals surface area contributed by atoms with Crippen LogP contribution in [0.15, 0.2) is 53.0 Å². The maximum Gasteiger partial charge on any atom is 0.241 e. The minimum absolute atomic E-state index is 0.254. The van der Waals surface area contributed by atoms with E-state index < -0.39 is 0 Å². The van der Waals surface area contributed by atoms with E-state index >= 15 is 0 Å². The van der Waals surface area contributed by atoms with Gasteiger partial charge in [0.05, 0.1) is 6.54 Å². The Kier molecular flexibility index (Phi) is 4.11. The lowest BCUT2D eigenvalue weighted by Gasteiger charge is -2.08. The first-order valence-electron chi connectivity index (χ1n) is 6.88. The quantitative estimate of drug-likeness (QED) is 0.746. The van der Waals surface area contributed by atoms with Crippen molar-refractivity contribution in [3.63, 3.8) is 0 Å². The average Bonchev–Trinajstić information content (AvgIpc) is 2.81. The Hall–Kier alpha value is -2.34. The van der Waals surface area contributed by atoms with Crippen molar-refractivity contribution in [2.45, 2.75) is 13.5 Å². The first kappa shape index (κ1) is 14.6. The first-order valence-corrected chi connectivity index (χ1v) is 7.68. The third-order valence-corrected chi connectivity index (χ3v) is 3.71. The van der Waals surface area contributed by atoms with E-state index in [9.17, 15) is 0 Å². The highest BCUT2D eigenvalue weighted by molar-refractivity contribution is 9.10. The average molecular weight is 358 g/mol. The smallest absolute Gasteiger partial charge is 0.241 e. The van der Waals surface area contributed by atoms with Gasteiger partial charge in [0, 0.05) is 10.2 Å². The minimum Gasteiger partial charge on any atom is -0.366 e. The van der Waals surface area contributed by atoms with Gasteiger partial charge in [-0.1, -0.05) is 45.8 Å². The number of nitrogens with two attached hydrogens (primary N) is 1. The van der Waals surface area contributed by atoms with Crippen LogP contribution < -0.4 is 11.1 Å². The summed E-state index contributed by atoms with van der Waals surface area (Å²) in [4.78, 5) is 4.25. The van der Waals surface area contributed by atoms with E-state index in [0.717, 1.165) is 15.7 Å². The van der Waals surface area contributed by atoms with Gasteiger partial charge in [0.1, 0.15) is 0 Å². The van der Waals surface area contributed by atoms with Crippen molar-refractivity contribution in [2.24, 2.45) is 0 Å². The zero-order valence-corrected chi connectivity index (χ0v) is 13.7. The van der Waals surface area contributed by atoms with Gasteiger partial charge in [-0.2, -0.15) is 4.98 Å². The van der Waals surface area contributed by atoms with Crippen molar-refractivity contribution >= 4 is 33.5 Å². The van der Waals surface area contributed by atoms with Crippen molar-refractivity contribution in [3.05, 3.63) is 64.1 Å². The van der Waals surface area contributed by atoms with Crippen LogP contribution in [0.2, 0.25) is 0 Å². The molecule has 1 heterocycles. The largest absolute Gasteiger partial charge is 0.366 e. The molecule has 2 aromatic carbocycles. The van der Waals surface area contributed by atoms with Crippen LogP contribution in [0.4, 0.5) is 17.6 Å². The van der Waals surface area contributed by atoms with Crippen LogP contribution in [-0.4, -0.2) is 14.8 Å². The second kappa shape index (κ2) is 6.19. The first-order chi connectivity index (χ1) is 10.6. The number of halogens is 1. The normalized spacial score (nSPS) is 10.6. The molecular weight excluding hydrogens is 342 g/mol. The van der Waals surface area contributed by atoms with Crippen LogP contribution in [0, 0.1) is 6.92 Å². The molecule has 1 aromatic heterocycles. The van der Waals surface area contributed by atoms with Crippen molar-refractivity contribution in [1.82, 2.24) is 14.8 Å². The molecule has 5 nitrogen and oxygen atoms in total. The predicted octanol–water partition coefficient (Wildman–Crippen LogP) is 3.72. The van der Waals surface area contributed by atoms with E-state index in [0.29, 0.717) is 12.5 Å². The van der Waals surface area contributed by atoms with Crippen molar-refractivity contribution in [2.75, 3.05) is 11.1 Å². The van der Waals surface area contributed by atoms with Gasteiger partial charge in [0.25, 0.3) is 0 Å². The SMILES string of the molecule is Cc1ccc(Nc2nc(N)nn2Cc2cccc(Br)c2)cc1. The monoisotopic (exact) mass is 357 g/mol. The summed E-state index contributed by atoms with van der Waals surface area (Å²) in [5.74, 6) is 0.880. The summed E-state index contributed by atoms with van der Waals surface area (Å²) in [7, 11) is 0. The summed E-state index contributed by atoms with van der Waals surface area (Å²) < 4.78 is 2.79. The Bertz CT molecular complexity index is 779. The van der Waals surface area contributed by atoms with Gasteiger partial charge in [-0.25, -0.2) is 4.68 Å². The van der Waals surface area contributed by atoms with Crippen LogP contribution in [-0.2, 0) is 6.54 Å². The highest BCUT2D eigenvalue weighted by Gasteiger charge is 2.09. The van der Waals surface area contributed by atoms with E-state index in [2.05, 4.69) is 38.3 Å². The van der Waals surface area contributed by atoms with Crippen LogP contribution in [0.1, 0.15) is 11.1 Å². The Morgan fingerprint density at radius 3 is 2.68 bits per heavy atom. The number of hydrogen-bond acceptors (Lipinski definition) is 4. The third-order valence-electron chi connectivity index (χ3n) is 3.22. The van der Waals surface area contributed by atoms with Gasteiger partial charge in [-0.3, -0.25) is 0 Å². The van der Waals surface area contributed by atoms with Crippen LogP contribution >= 0.6 is 15.9 Å². The summed E-state index contributed by atoms with van der Waals surface area (Å²) in [6, 6.07) is 16.2. The minimum atomic E-state index is 0.254. The highest BCUT2D eigenvalue weighted by Crippen LogP contribution is 2.18. The molecule has 0 aliphatic heterocycles. The van der Waals surface area contributed by atoms with Crippen LogP contribution in [0.25, 0.3) is 0 Å². The summed E-state index contributed by atoms with van der Waals surface area (Å²) in [5, 5.41) is 7.51. The molecule has 3 rings (SSSR count). The predicted molar refractivity (Wildman–Crippen MR) is 92.1 cm³/mol. The van der Waals surface area contributed by atoms with Crippen molar-refractivity contribution in [1.29, 1.82) is 0 Å². The molecule has 0 unspecified atom stereocenters. The molecule has 0 saturated carbocycles. The van der Waals surface area contributed by atoms with Crippen LogP contribution in [0.5, 0.6) is 0 Å². The molecule has 0 aliphatic carbocycles. The van der Waals surface area contributed by atoms with Gasteiger partial charge in [-0.05, 0) is 36.8 Å². The number of anilines is 3. The molecular formula is C16H16BrN5. The molecule has 0 atom stereocenters. The summed E-state index contributed by atoms with van der Waals surface area (Å²) in [6.45, 7) is 2.65. The lowest BCUT2D eigenvalue weighted by Crippen LogP contribution is -2.07. The molecule has 0 bridgehead atoms. The fraction of sp³-hybridized carbons (Fsp3) is 0.125. The number of aromatic nitrogens is 3. The lowest BCUT2D eigenvalue weighted by atomic mass is 10.2. The molecule has 0 radical (unpaired) electrons. The molecule has 0 aliphatic rings. The Morgan fingerprint density at radius 1 is 1.18 bits per heavy atom. The summed E-state index contributed by atoms with van der Waals surface area (Å²) in [6.07, 6.45) is 0. The topological polar surface area (TPSA) is 68.8 Å². The number of nitrogen functional groups attached to an aromatic ring is 1. The molecule has 6 heteroatoms. The maximum absolute atomic E-state index is 5.75. The van der Waals surface area contributed by atoms with Gasteiger partial charge < -0.3 is 11.1 Å². The zero-order chi connectivity index (χ0) is 15.5. The molecule has 3 aromatic rings. The second-order valence-electron chi connectivity index (χ2n) is 5.07. The molecule has 0 saturated heterocycles. The number of aryl methyl sites for hydroxylation is 1.